The van der Waals surface area contributed by atoms with Crippen molar-refractivity contribution in [1.29, 1.82) is 0 Å². The summed E-state index contributed by atoms with van der Waals surface area (Å²) in [6.07, 6.45) is 3.52. The zero-order valence-corrected chi connectivity index (χ0v) is 15.5. The highest BCUT2D eigenvalue weighted by atomic mass is 19.1. The van der Waals surface area contributed by atoms with E-state index >= 15 is 0 Å². The molecule has 3 rings (SSSR count). The van der Waals surface area contributed by atoms with Crippen LogP contribution in [0, 0.1) is 11.2 Å². The van der Waals surface area contributed by atoms with Crippen LogP contribution in [-0.2, 0) is 20.8 Å². The van der Waals surface area contributed by atoms with Crippen LogP contribution < -0.4 is 5.73 Å². The summed E-state index contributed by atoms with van der Waals surface area (Å²) in [5.41, 5.74) is 5.77. The molecule has 0 saturated carbocycles. The third-order valence-corrected chi connectivity index (χ3v) is 5.84. The number of nitrogens with two attached hydrogens (primary N) is 1. The zero-order valence-electron chi connectivity index (χ0n) is 15.5. The Hall–Kier alpha value is -2.44. The minimum atomic E-state index is -0.499. The molecular formula is C20H26FN3O3. The average Bonchev–Trinajstić information content (AvgIpc) is 2.64. The molecule has 2 heterocycles. The number of halogens is 1. The Kier molecular flexibility index (Phi) is 5.77. The van der Waals surface area contributed by atoms with Crippen molar-refractivity contribution in [1.82, 2.24) is 9.80 Å². The second-order valence-electron chi connectivity index (χ2n) is 7.69. The normalized spacial score (nSPS) is 19.4. The molecule has 1 aromatic carbocycles. The van der Waals surface area contributed by atoms with Gasteiger partial charge >= 0.3 is 0 Å². The van der Waals surface area contributed by atoms with Crippen LogP contribution in [0.5, 0.6) is 0 Å². The first-order valence-electron chi connectivity index (χ1n) is 9.46. The molecule has 6 nitrogen and oxygen atoms in total. The Morgan fingerprint density at radius 3 is 2.52 bits per heavy atom. The van der Waals surface area contributed by atoms with E-state index in [1.54, 1.807) is 23.1 Å². The van der Waals surface area contributed by atoms with Crippen molar-refractivity contribution >= 4 is 17.7 Å². The molecule has 27 heavy (non-hydrogen) atoms. The van der Waals surface area contributed by atoms with Gasteiger partial charge in [-0.25, -0.2) is 4.39 Å². The predicted octanol–water partition coefficient (Wildman–Crippen LogP) is 1.47. The fraction of sp³-hybridized carbons (Fsp3) is 0.550. The van der Waals surface area contributed by atoms with Gasteiger partial charge in [0.15, 0.2) is 0 Å². The summed E-state index contributed by atoms with van der Waals surface area (Å²) in [6, 6.07) is 6.53. The molecule has 2 aliphatic rings. The van der Waals surface area contributed by atoms with Crippen LogP contribution in [0.1, 0.15) is 37.7 Å². The Balaban J connectivity index is 1.52. The molecule has 0 unspecified atom stereocenters. The summed E-state index contributed by atoms with van der Waals surface area (Å²) in [4.78, 5) is 39.1. The van der Waals surface area contributed by atoms with Gasteiger partial charge in [-0.15, -0.1) is 0 Å². The number of hydrogen-bond donors (Lipinski definition) is 1. The Morgan fingerprint density at radius 1 is 1.15 bits per heavy atom. The number of rotatable bonds is 5. The van der Waals surface area contributed by atoms with Gasteiger partial charge in [-0.3, -0.25) is 14.4 Å². The molecule has 0 aliphatic carbocycles. The molecule has 2 fully saturated rings. The number of nitrogens with zero attached hydrogens (tertiary/aromatic N) is 2. The summed E-state index contributed by atoms with van der Waals surface area (Å²) >= 11 is 0. The van der Waals surface area contributed by atoms with Crippen molar-refractivity contribution in [3.8, 4) is 0 Å². The maximum atomic E-state index is 13.7. The topological polar surface area (TPSA) is 83.7 Å². The number of primary amides is 1. The number of hydrogen-bond acceptors (Lipinski definition) is 3. The lowest BCUT2D eigenvalue weighted by atomic mass is 9.72. The number of benzene rings is 1. The maximum Gasteiger partial charge on any atom is 0.237 e. The highest BCUT2D eigenvalue weighted by molar-refractivity contribution is 5.84. The average molecular weight is 375 g/mol. The summed E-state index contributed by atoms with van der Waals surface area (Å²) in [6.45, 7) is 1.77. The van der Waals surface area contributed by atoms with Crippen LogP contribution >= 0.6 is 0 Å². The fourth-order valence-corrected chi connectivity index (χ4v) is 4.17. The van der Waals surface area contributed by atoms with E-state index in [1.807, 2.05) is 4.90 Å². The number of carbonyl (C=O) groups is 3. The van der Waals surface area contributed by atoms with Crippen LogP contribution in [0.2, 0.25) is 0 Å². The van der Waals surface area contributed by atoms with Gasteiger partial charge in [-0.2, -0.15) is 0 Å². The molecule has 0 radical (unpaired) electrons. The summed E-state index contributed by atoms with van der Waals surface area (Å²) in [5.74, 6) is -0.762. The van der Waals surface area contributed by atoms with Crippen molar-refractivity contribution < 1.29 is 18.8 Å². The van der Waals surface area contributed by atoms with E-state index in [-0.39, 0.29) is 29.6 Å². The van der Waals surface area contributed by atoms with Gasteiger partial charge in [0.2, 0.25) is 17.7 Å². The Labute approximate surface area is 158 Å². The predicted molar refractivity (Wildman–Crippen MR) is 98.0 cm³/mol. The van der Waals surface area contributed by atoms with Crippen LogP contribution in [-0.4, -0.2) is 53.7 Å². The van der Waals surface area contributed by atoms with E-state index in [9.17, 15) is 18.8 Å². The molecular weight excluding hydrogens is 349 g/mol. The van der Waals surface area contributed by atoms with Crippen molar-refractivity contribution in [3.05, 3.63) is 35.6 Å². The smallest absolute Gasteiger partial charge is 0.237 e. The molecule has 2 aliphatic heterocycles. The monoisotopic (exact) mass is 375 g/mol. The first-order chi connectivity index (χ1) is 12.9. The zero-order chi connectivity index (χ0) is 19.4. The lowest BCUT2D eigenvalue weighted by molar-refractivity contribution is -0.144. The van der Waals surface area contributed by atoms with Gasteiger partial charge in [-0.1, -0.05) is 18.2 Å². The van der Waals surface area contributed by atoms with E-state index in [1.165, 1.54) is 6.07 Å². The van der Waals surface area contributed by atoms with Gasteiger partial charge in [0.25, 0.3) is 0 Å². The second kappa shape index (κ2) is 8.06. The van der Waals surface area contributed by atoms with Gasteiger partial charge in [0, 0.05) is 32.5 Å². The first-order valence-corrected chi connectivity index (χ1v) is 9.46. The number of likely N-dealkylation sites (tertiary alicyclic amines) is 2. The van der Waals surface area contributed by atoms with Gasteiger partial charge in [0.05, 0.1) is 6.54 Å². The van der Waals surface area contributed by atoms with Crippen molar-refractivity contribution in [2.45, 2.75) is 38.5 Å². The van der Waals surface area contributed by atoms with Crippen molar-refractivity contribution in [2.75, 3.05) is 26.2 Å². The lowest BCUT2D eigenvalue weighted by Gasteiger charge is -2.47. The molecule has 0 atom stereocenters. The molecule has 3 amide bonds. The molecule has 7 heteroatoms. The minimum absolute atomic E-state index is 0.0252. The molecule has 0 bridgehead atoms. The molecule has 1 spiro atoms. The molecule has 2 saturated heterocycles. The van der Waals surface area contributed by atoms with E-state index in [0.717, 1.165) is 19.3 Å². The first kappa shape index (κ1) is 19.3. The molecule has 146 valence electrons. The van der Waals surface area contributed by atoms with E-state index in [0.29, 0.717) is 44.5 Å². The number of amides is 3. The van der Waals surface area contributed by atoms with Crippen LogP contribution in [0.3, 0.4) is 0 Å². The number of aryl methyl sites for hydroxylation is 1. The van der Waals surface area contributed by atoms with Gasteiger partial charge in [-0.05, 0) is 42.7 Å². The van der Waals surface area contributed by atoms with Crippen molar-refractivity contribution in [3.63, 3.8) is 0 Å². The molecule has 0 aromatic heterocycles. The SMILES string of the molecule is NC(=O)CN1CC2(CCC1=O)CCN(C(=O)CCc1ccccc1F)CC2. The van der Waals surface area contributed by atoms with Crippen LogP contribution in [0.15, 0.2) is 24.3 Å². The lowest BCUT2D eigenvalue weighted by Crippen LogP contribution is -2.53. The summed E-state index contributed by atoms with van der Waals surface area (Å²) < 4.78 is 13.7. The second-order valence-corrected chi connectivity index (χ2v) is 7.69. The van der Waals surface area contributed by atoms with E-state index in [2.05, 4.69) is 0 Å². The van der Waals surface area contributed by atoms with E-state index in [4.69, 9.17) is 5.73 Å². The molecule has 2 N–H and O–H groups in total. The third kappa shape index (κ3) is 4.64. The van der Waals surface area contributed by atoms with Gasteiger partial charge in [0.1, 0.15) is 5.82 Å². The van der Waals surface area contributed by atoms with Crippen molar-refractivity contribution in [2.24, 2.45) is 11.1 Å². The quantitative estimate of drug-likeness (QED) is 0.846. The van der Waals surface area contributed by atoms with E-state index < -0.39 is 5.91 Å². The largest absolute Gasteiger partial charge is 0.368 e. The Morgan fingerprint density at radius 2 is 1.85 bits per heavy atom. The number of piperidine rings is 2. The standard InChI is InChI=1S/C20H26FN3O3/c21-16-4-2-1-3-15(16)5-6-18(26)23-11-9-20(10-12-23)8-7-19(27)24(14-20)13-17(22)25/h1-4H,5-14H2,(H2,22,25). The third-order valence-electron chi connectivity index (χ3n) is 5.84. The Bertz CT molecular complexity index is 729. The summed E-state index contributed by atoms with van der Waals surface area (Å²) in [7, 11) is 0. The molecule has 1 aromatic rings. The number of carbonyl (C=O) groups excluding carboxylic acids is 3. The van der Waals surface area contributed by atoms with Crippen LogP contribution in [0.25, 0.3) is 0 Å². The van der Waals surface area contributed by atoms with Gasteiger partial charge < -0.3 is 15.5 Å². The van der Waals surface area contributed by atoms with Crippen LogP contribution in [0.4, 0.5) is 4.39 Å². The minimum Gasteiger partial charge on any atom is -0.368 e. The highest BCUT2D eigenvalue weighted by Crippen LogP contribution is 2.40. The maximum absolute atomic E-state index is 13.7. The highest BCUT2D eigenvalue weighted by Gasteiger charge is 2.41. The summed E-state index contributed by atoms with van der Waals surface area (Å²) in [5, 5.41) is 0. The fourth-order valence-electron chi connectivity index (χ4n) is 4.17.